The zero-order valence-corrected chi connectivity index (χ0v) is 9.35. The van der Waals surface area contributed by atoms with Gasteiger partial charge in [0, 0.05) is 10.6 Å². The highest BCUT2D eigenvalue weighted by Crippen LogP contribution is 2.25. The van der Waals surface area contributed by atoms with Crippen LogP contribution in [0.2, 0.25) is 5.02 Å². The predicted octanol–water partition coefficient (Wildman–Crippen LogP) is 0.955. The minimum atomic E-state index is -1.14. The molecule has 1 aromatic carbocycles. The Morgan fingerprint density at radius 3 is 2.69 bits per heavy atom. The molecular formula is C11H13ClN2O2. The van der Waals surface area contributed by atoms with Crippen molar-refractivity contribution in [3.05, 3.63) is 34.3 Å². The first-order chi connectivity index (χ1) is 7.60. The number of rotatable bonds is 4. The molecule has 0 radical (unpaired) electrons. The number of benzene rings is 1. The summed E-state index contributed by atoms with van der Waals surface area (Å²) in [5, 5.41) is 28.7. The summed E-state index contributed by atoms with van der Waals surface area (Å²) in [6, 6.07) is 6.49. The molecule has 86 valence electrons. The number of nitrogens with zero attached hydrogens (tertiary/aromatic N) is 1. The zero-order valence-electron chi connectivity index (χ0n) is 8.60. The average Bonchev–Trinajstić information content (AvgIpc) is 2.28. The normalized spacial score (nSPS) is 14.2. The maximum Gasteiger partial charge on any atom is 0.106 e. The number of halogens is 1. The molecule has 0 aliphatic heterocycles. The second kappa shape index (κ2) is 5.83. The van der Waals surface area contributed by atoms with Crippen LogP contribution < -0.4 is 5.73 Å². The molecule has 0 saturated carbocycles. The summed E-state index contributed by atoms with van der Waals surface area (Å²) >= 11 is 5.77. The fourth-order valence-electron chi connectivity index (χ4n) is 1.42. The SMILES string of the molecule is N#Cc1ccc(Cl)cc1C(O)C(O)CCN. The second-order valence-corrected chi connectivity index (χ2v) is 3.87. The Hall–Kier alpha value is -1.12. The van der Waals surface area contributed by atoms with Crippen LogP contribution in [0.3, 0.4) is 0 Å². The van der Waals surface area contributed by atoms with E-state index in [0.29, 0.717) is 16.1 Å². The summed E-state index contributed by atoms with van der Waals surface area (Å²) < 4.78 is 0. The summed E-state index contributed by atoms with van der Waals surface area (Å²) in [5.74, 6) is 0. The Morgan fingerprint density at radius 2 is 2.12 bits per heavy atom. The molecule has 1 rings (SSSR count). The van der Waals surface area contributed by atoms with Gasteiger partial charge >= 0.3 is 0 Å². The van der Waals surface area contributed by atoms with Crippen LogP contribution >= 0.6 is 11.6 Å². The molecule has 0 fully saturated rings. The van der Waals surface area contributed by atoms with Gasteiger partial charge in [0.05, 0.1) is 17.7 Å². The number of nitriles is 1. The van der Waals surface area contributed by atoms with Gasteiger partial charge in [-0.2, -0.15) is 5.26 Å². The van der Waals surface area contributed by atoms with E-state index >= 15 is 0 Å². The van der Waals surface area contributed by atoms with Crippen molar-refractivity contribution in [2.45, 2.75) is 18.6 Å². The van der Waals surface area contributed by atoms with Gasteiger partial charge in [0.15, 0.2) is 0 Å². The Balaban J connectivity index is 3.02. The van der Waals surface area contributed by atoms with Gasteiger partial charge in [-0.25, -0.2) is 0 Å². The zero-order chi connectivity index (χ0) is 12.1. The summed E-state index contributed by atoms with van der Waals surface area (Å²) in [6.45, 7) is 0.265. The van der Waals surface area contributed by atoms with E-state index in [9.17, 15) is 10.2 Å². The summed E-state index contributed by atoms with van der Waals surface area (Å²) in [7, 11) is 0. The van der Waals surface area contributed by atoms with Crippen LogP contribution in [0.5, 0.6) is 0 Å². The van der Waals surface area contributed by atoms with Crippen molar-refractivity contribution >= 4 is 11.6 Å². The van der Waals surface area contributed by atoms with Crippen molar-refractivity contribution in [3.8, 4) is 6.07 Å². The van der Waals surface area contributed by atoms with Crippen LogP contribution in [0, 0.1) is 11.3 Å². The Kier molecular flexibility index (Phi) is 4.71. The first-order valence-electron chi connectivity index (χ1n) is 4.86. The number of hydrogen-bond donors (Lipinski definition) is 3. The lowest BCUT2D eigenvalue weighted by Gasteiger charge is -2.18. The standard InChI is InChI=1S/C11H13ClN2O2/c12-8-2-1-7(6-14)9(5-8)11(16)10(15)3-4-13/h1-2,5,10-11,15-16H,3-4,13H2. The van der Waals surface area contributed by atoms with Gasteiger partial charge in [0.2, 0.25) is 0 Å². The average molecular weight is 241 g/mol. The molecule has 0 aliphatic rings. The maximum absolute atomic E-state index is 9.84. The molecule has 0 aromatic heterocycles. The van der Waals surface area contributed by atoms with E-state index in [1.54, 1.807) is 6.07 Å². The lowest BCUT2D eigenvalue weighted by Crippen LogP contribution is -2.22. The van der Waals surface area contributed by atoms with E-state index in [4.69, 9.17) is 22.6 Å². The summed E-state index contributed by atoms with van der Waals surface area (Å²) in [4.78, 5) is 0. The van der Waals surface area contributed by atoms with Crippen LogP contribution in [0.4, 0.5) is 0 Å². The minimum Gasteiger partial charge on any atom is -0.390 e. The molecule has 2 unspecified atom stereocenters. The summed E-state index contributed by atoms with van der Waals surface area (Å²) in [5.41, 5.74) is 5.91. The van der Waals surface area contributed by atoms with E-state index in [-0.39, 0.29) is 13.0 Å². The molecule has 4 nitrogen and oxygen atoms in total. The Morgan fingerprint density at radius 1 is 1.44 bits per heavy atom. The highest BCUT2D eigenvalue weighted by Gasteiger charge is 2.20. The first kappa shape index (κ1) is 12.9. The molecule has 0 spiro atoms. The first-order valence-corrected chi connectivity index (χ1v) is 5.23. The van der Waals surface area contributed by atoms with Crippen molar-refractivity contribution in [1.82, 2.24) is 0 Å². The Bertz CT molecular complexity index is 403. The second-order valence-electron chi connectivity index (χ2n) is 3.43. The van der Waals surface area contributed by atoms with Crippen LogP contribution in [0.1, 0.15) is 23.7 Å². The van der Waals surface area contributed by atoms with Crippen LogP contribution in [0.15, 0.2) is 18.2 Å². The van der Waals surface area contributed by atoms with Gasteiger partial charge < -0.3 is 15.9 Å². The maximum atomic E-state index is 9.84. The predicted molar refractivity (Wildman–Crippen MR) is 60.8 cm³/mol. The highest BCUT2D eigenvalue weighted by atomic mass is 35.5. The highest BCUT2D eigenvalue weighted by molar-refractivity contribution is 6.30. The molecule has 0 aliphatic carbocycles. The molecule has 1 aromatic rings. The quantitative estimate of drug-likeness (QED) is 0.731. The number of aliphatic hydroxyl groups is 2. The van der Waals surface area contributed by atoms with Crippen LogP contribution in [-0.4, -0.2) is 22.9 Å². The lowest BCUT2D eigenvalue weighted by atomic mass is 9.98. The number of aliphatic hydroxyl groups excluding tert-OH is 2. The van der Waals surface area contributed by atoms with Gasteiger partial charge in [-0.15, -0.1) is 0 Å². The van der Waals surface area contributed by atoms with Gasteiger partial charge in [0.1, 0.15) is 6.10 Å². The van der Waals surface area contributed by atoms with Gasteiger partial charge in [-0.3, -0.25) is 0 Å². The lowest BCUT2D eigenvalue weighted by molar-refractivity contribution is 0.0149. The van der Waals surface area contributed by atoms with Gasteiger partial charge in [0.25, 0.3) is 0 Å². The minimum absolute atomic E-state index is 0.262. The molecule has 5 heteroatoms. The molecule has 0 heterocycles. The van der Waals surface area contributed by atoms with Crippen molar-refractivity contribution in [3.63, 3.8) is 0 Å². The van der Waals surface area contributed by atoms with Crippen LogP contribution in [0.25, 0.3) is 0 Å². The third-order valence-corrected chi connectivity index (χ3v) is 2.51. The largest absolute Gasteiger partial charge is 0.390 e. The fraction of sp³-hybridized carbons (Fsp3) is 0.364. The monoisotopic (exact) mass is 240 g/mol. The smallest absolute Gasteiger partial charge is 0.106 e. The molecule has 0 saturated heterocycles. The van der Waals surface area contributed by atoms with E-state index in [2.05, 4.69) is 0 Å². The third kappa shape index (κ3) is 2.94. The number of hydrogen-bond acceptors (Lipinski definition) is 4. The van der Waals surface area contributed by atoms with Crippen molar-refractivity contribution in [2.24, 2.45) is 5.73 Å². The van der Waals surface area contributed by atoms with Crippen molar-refractivity contribution < 1.29 is 10.2 Å². The molecule has 2 atom stereocenters. The molecule has 4 N–H and O–H groups in total. The van der Waals surface area contributed by atoms with Gasteiger partial charge in [-0.05, 0) is 31.2 Å². The van der Waals surface area contributed by atoms with Crippen molar-refractivity contribution in [1.29, 1.82) is 5.26 Å². The topological polar surface area (TPSA) is 90.3 Å². The number of nitrogens with two attached hydrogens (primary N) is 1. The van der Waals surface area contributed by atoms with E-state index in [1.165, 1.54) is 12.1 Å². The Labute approximate surface area is 98.9 Å². The molecule has 0 bridgehead atoms. The molecular weight excluding hydrogens is 228 g/mol. The third-order valence-electron chi connectivity index (χ3n) is 2.28. The van der Waals surface area contributed by atoms with Crippen molar-refractivity contribution in [2.75, 3.05) is 6.54 Å². The summed E-state index contributed by atoms with van der Waals surface area (Å²) in [6.07, 6.45) is -1.87. The fourth-order valence-corrected chi connectivity index (χ4v) is 1.60. The van der Waals surface area contributed by atoms with E-state index in [1.807, 2.05) is 6.07 Å². The molecule has 0 amide bonds. The van der Waals surface area contributed by atoms with Crippen LogP contribution in [-0.2, 0) is 0 Å². The van der Waals surface area contributed by atoms with E-state index < -0.39 is 12.2 Å². The van der Waals surface area contributed by atoms with E-state index in [0.717, 1.165) is 0 Å². The molecule has 16 heavy (non-hydrogen) atoms. The van der Waals surface area contributed by atoms with Gasteiger partial charge in [-0.1, -0.05) is 11.6 Å².